The number of rotatable bonds is 9. The third-order valence-electron chi connectivity index (χ3n) is 5.84. The molecule has 6 nitrogen and oxygen atoms in total. The normalized spacial score (nSPS) is 15.6. The fourth-order valence-electron chi connectivity index (χ4n) is 3.88. The first-order valence-corrected chi connectivity index (χ1v) is 12.3. The smallest absolute Gasteiger partial charge is 0.243 e. The summed E-state index contributed by atoms with van der Waals surface area (Å²) in [5, 5.41) is 3.02. The van der Waals surface area contributed by atoms with Crippen LogP contribution < -0.4 is 10.1 Å². The van der Waals surface area contributed by atoms with E-state index < -0.39 is 10.0 Å². The van der Waals surface area contributed by atoms with Crippen molar-refractivity contribution in [1.82, 2.24) is 9.62 Å². The highest BCUT2D eigenvalue weighted by molar-refractivity contribution is 7.89. The Kier molecular flexibility index (Phi) is 7.73. The van der Waals surface area contributed by atoms with Crippen molar-refractivity contribution in [2.75, 3.05) is 20.2 Å². The van der Waals surface area contributed by atoms with E-state index in [0.717, 1.165) is 30.4 Å². The Bertz CT molecular complexity index is 997. The molecule has 0 unspecified atom stereocenters. The molecule has 1 saturated heterocycles. The Morgan fingerprint density at radius 1 is 1.13 bits per heavy atom. The van der Waals surface area contributed by atoms with E-state index in [1.165, 1.54) is 9.87 Å². The van der Waals surface area contributed by atoms with Crippen LogP contribution in [0.25, 0.3) is 0 Å². The lowest BCUT2D eigenvalue weighted by atomic mass is 10.0. The van der Waals surface area contributed by atoms with Crippen LogP contribution in [0.3, 0.4) is 0 Å². The van der Waals surface area contributed by atoms with E-state index in [1.807, 2.05) is 19.1 Å². The first kappa shape index (κ1) is 23.3. The van der Waals surface area contributed by atoms with Crippen LogP contribution in [0.15, 0.2) is 47.4 Å². The van der Waals surface area contributed by atoms with Gasteiger partial charge in [-0.25, -0.2) is 8.42 Å². The predicted molar refractivity (Wildman–Crippen MR) is 122 cm³/mol. The zero-order valence-corrected chi connectivity index (χ0v) is 19.4. The van der Waals surface area contributed by atoms with Gasteiger partial charge < -0.3 is 10.1 Å². The summed E-state index contributed by atoms with van der Waals surface area (Å²) in [6.45, 7) is 5.19. The Morgan fingerprint density at radius 2 is 1.81 bits per heavy atom. The number of nitrogens with one attached hydrogen (secondary N) is 1. The molecule has 168 valence electrons. The minimum atomic E-state index is -3.51. The van der Waals surface area contributed by atoms with E-state index in [4.69, 9.17) is 4.74 Å². The number of methoxy groups -OCH3 is 1. The van der Waals surface area contributed by atoms with Gasteiger partial charge in [0.2, 0.25) is 15.9 Å². The molecule has 0 radical (unpaired) electrons. The number of ether oxygens (including phenoxy) is 1. The number of carbonyl (C=O) groups is 1. The van der Waals surface area contributed by atoms with Crippen molar-refractivity contribution in [2.45, 2.75) is 56.9 Å². The molecule has 2 aromatic rings. The first-order chi connectivity index (χ1) is 14.8. The Morgan fingerprint density at radius 3 is 2.42 bits per heavy atom. The molecule has 31 heavy (non-hydrogen) atoms. The van der Waals surface area contributed by atoms with Gasteiger partial charge in [-0.05, 0) is 67.5 Å². The van der Waals surface area contributed by atoms with Gasteiger partial charge in [0.05, 0.1) is 18.0 Å². The van der Waals surface area contributed by atoms with Gasteiger partial charge in [0.25, 0.3) is 0 Å². The predicted octanol–water partition coefficient (Wildman–Crippen LogP) is 3.85. The zero-order valence-electron chi connectivity index (χ0n) is 18.6. The van der Waals surface area contributed by atoms with Crippen LogP contribution in [0.2, 0.25) is 0 Å². The lowest BCUT2D eigenvalue weighted by molar-refractivity contribution is -0.121. The van der Waals surface area contributed by atoms with E-state index in [2.05, 4.69) is 24.4 Å². The summed E-state index contributed by atoms with van der Waals surface area (Å²) in [5.41, 5.74) is 3.04. The zero-order chi connectivity index (χ0) is 22.4. The second-order valence-corrected chi connectivity index (χ2v) is 9.91. The summed E-state index contributed by atoms with van der Waals surface area (Å²) in [6, 6.07) is 13.0. The van der Waals surface area contributed by atoms with Crippen molar-refractivity contribution in [1.29, 1.82) is 0 Å². The molecule has 1 aliphatic rings. The molecule has 1 fully saturated rings. The fraction of sp³-hybridized carbons (Fsp3) is 0.458. The van der Waals surface area contributed by atoms with Crippen molar-refractivity contribution >= 4 is 15.9 Å². The summed E-state index contributed by atoms with van der Waals surface area (Å²) >= 11 is 0. The van der Waals surface area contributed by atoms with Gasteiger partial charge in [-0.1, -0.05) is 31.2 Å². The standard InChI is InChI=1S/C24H32N2O4S/c1-4-19-7-9-20(10-8-19)18(2)25-24(27)14-11-21-17-22(12-13-23(21)30-3)31(28,29)26-15-5-6-16-26/h7-10,12-13,17-18H,4-6,11,14-16H2,1-3H3,(H,25,27)/t18-/m0/s1. The summed E-state index contributed by atoms with van der Waals surface area (Å²) in [4.78, 5) is 12.8. The molecule has 0 aromatic heterocycles. The van der Waals surface area contributed by atoms with Crippen molar-refractivity contribution < 1.29 is 17.9 Å². The number of hydrogen-bond donors (Lipinski definition) is 1. The molecule has 7 heteroatoms. The average molecular weight is 445 g/mol. The van der Waals surface area contributed by atoms with Crippen LogP contribution in [0.4, 0.5) is 0 Å². The molecule has 1 aliphatic heterocycles. The van der Waals surface area contributed by atoms with Crippen LogP contribution in [0, 0.1) is 0 Å². The second kappa shape index (κ2) is 10.3. The van der Waals surface area contributed by atoms with Gasteiger partial charge in [-0.15, -0.1) is 0 Å². The van der Waals surface area contributed by atoms with E-state index >= 15 is 0 Å². The SMILES string of the molecule is CCc1ccc([C@H](C)NC(=O)CCc2cc(S(=O)(=O)N3CCCC3)ccc2OC)cc1. The van der Waals surface area contributed by atoms with Gasteiger partial charge >= 0.3 is 0 Å². The molecule has 0 bridgehead atoms. The second-order valence-electron chi connectivity index (χ2n) is 7.97. The largest absolute Gasteiger partial charge is 0.496 e. The number of hydrogen-bond acceptors (Lipinski definition) is 4. The van der Waals surface area contributed by atoms with Gasteiger partial charge in [0.15, 0.2) is 0 Å². The Labute approximate surface area is 185 Å². The molecule has 2 aromatic carbocycles. The number of sulfonamides is 1. The number of nitrogens with zero attached hydrogens (tertiary/aromatic N) is 1. The van der Waals surface area contributed by atoms with Crippen LogP contribution in [-0.2, 0) is 27.7 Å². The quantitative estimate of drug-likeness (QED) is 0.637. The van der Waals surface area contributed by atoms with Crippen molar-refractivity contribution in [3.05, 3.63) is 59.2 Å². The summed E-state index contributed by atoms with van der Waals surface area (Å²) in [6.07, 6.45) is 3.42. The number of amides is 1. The highest BCUT2D eigenvalue weighted by Gasteiger charge is 2.27. The van der Waals surface area contributed by atoms with E-state index in [1.54, 1.807) is 25.3 Å². The first-order valence-electron chi connectivity index (χ1n) is 10.9. The Hall–Kier alpha value is -2.38. The van der Waals surface area contributed by atoms with E-state index in [9.17, 15) is 13.2 Å². The summed E-state index contributed by atoms with van der Waals surface area (Å²) in [7, 11) is -1.96. The maximum absolute atomic E-state index is 12.9. The summed E-state index contributed by atoms with van der Waals surface area (Å²) in [5.74, 6) is 0.512. The molecule has 0 saturated carbocycles. The van der Waals surface area contributed by atoms with Gasteiger partial charge in [-0.2, -0.15) is 4.31 Å². The highest BCUT2D eigenvalue weighted by atomic mass is 32.2. The van der Waals surface area contributed by atoms with Gasteiger partial charge in [-0.3, -0.25) is 4.79 Å². The molecule has 1 heterocycles. The third kappa shape index (κ3) is 5.66. The summed E-state index contributed by atoms with van der Waals surface area (Å²) < 4.78 is 32.7. The lowest BCUT2D eigenvalue weighted by Gasteiger charge is -2.18. The fourth-order valence-corrected chi connectivity index (χ4v) is 5.44. The number of carbonyl (C=O) groups excluding carboxylic acids is 1. The van der Waals surface area contributed by atoms with Crippen molar-refractivity contribution in [3.63, 3.8) is 0 Å². The molecule has 0 spiro atoms. The minimum Gasteiger partial charge on any atom is -0.496 e. The maximum Gasteiger partial charge on any atom is 0.243 e. The molecular weight excluding hydrogens is 412 g/mol. The maximum atomic E-state index is 12.9. The van der Waals surface area contributed by atoms with Crippen molar-refractivity contribution in [2.24, 2.45) is 0 Å². The third-order valence-corrected chi connectivity index (χ3v) is 7.74. The number of aryl methyl sites for hydroxylation is 2. The van der Waals surface area contributed by atoms with E-state index in [0.29, 0.717) is 25.3 Å². The highest BCUT2D eigenvalue weighted by Crippen LogP contribution is 2.27. The monoisotopic (exact) mass is 444 g/mol. The van der Waals surface area contributed by atoms with Crippen LogP contribution in [0.5, 0.6) is 5.75 Å². The van der Waals surface area contributed by atoms with Crippen molar-refractivity contribution in [3.8, 4) is 5.75 Å². The lowest BCUT2D eigenvalue weighted by Crippen LogP contribution is -2.28. The van der Waals surface area contributed by atoms with E-state index in [-0.39, 0.29) is 23.3 Å². The molecule has 1 amide bonds. The average Bonchev–Trinajstić information content (AvgIpc) is 3.33. The van der Waals surface area contributed by atoms with Crippen LogP contribution >= 0.6 is 0 Å². The van der Waals surface area contributed by atoms with Crippen LogP contribution in [0.1, 0.15) is 55.8 Å². The molecule has 0 aliphatic carbocycles. The van der Waals surface area contributed by atoms with Gasteiger partial charge in [0, 0.05) is 19.5 Å². The van der Waals surface area contributed by atoms with Crippen LogP contribution in [-0.4, -0.2) is 38.8 Å². The molecule has 1 atom stereocenters. The topological polar surface area (TPSA) is 75.7 Å². The minimum absolute atomic E-state index is 0.0816. The van der Waals surface area contributed by atoms with Gasteiger partial charge in [0.1, 0.15) is 5.75 Å². The molecule has 1 N–H and O–H groups in total. The number of benzene rings is 2. The molecular formula is C24H32N2O4S. The Balaban J connectivity index is 1.66. The molecule has 3 rings (SSSR count).